The predicted octanol–water partition coefficient (Wildman–Crippen LogP) is 7.18. The molecule has 0 amide bonds. The Labute approximate surface area is 218 Å². The van der Waals surface area contributed by atoms with Gasteiger partial charge in [0, 0.05) is 66.8 Å². The fourth-order valence-electron chi connectivity index (χ4n) is 4.58. The summed E-state index contributed by atoms with van der Waals surface area (Å²) in [6.07, 6.45) is 3.43. The van der Waals surface area contributed by atoms with Crippen molar-refractivity contribution < 1.29 is 4.39 Å². The van der Waals surface area contributed by atoms with Crippen LogP contribution < -0.4 is 5.32 Å². The zero-order chi connectivity index (χ0) is 25.8. The second kappa shape index (κ2) is 11.2. The molecule has 1 N–H and O–H groups in total. The molecule has 2 heterocycles. The number of halogens is 2. The second-order valence-corrected chi connectivity index (χ2v) is 9.64. The Hall–Kier alpha value is -3.31. The Balaban J connectivity index is 1.57. The second-order valence-electron chi connectivity index (χ2n) is 9.23. The van der Waals surface area contributed by atoms with Crippen LogP contribution in [0.5, 0.6) is 0 Å². The van der Waals surface area contributed by atoms with Crippen LogP contribution in [-0.4, -0.2) is 48.0 Å². The van der Waals surface area contributed by atoms with E-state index in [9.17, 15) is 4.39 Å². The molecule has 4 rings (SSSR count). The largest absolute Gasteiger partial charge is 0.388 e. The van der Waals surface area contributed by atoms with Gasteiger partial charge in [-0.05, 0) is 48.7 Å². The molecule has 0 aliphatic carbocycles. The molecule has 1 aromatic heterocycles. The normalized spacial score (nSPS) is 13.7. The molecule has 3 aromatic rings. The van der Waals surface area contributed by atoms with E-state index >= 15 is 0 Å². The number of rotatable bonds is 9. The molecule has 1 aliphatic rings. The SMILES string of the molecule is C=C(NC)c1cc(-c2cc(Cl)c3ccc(C(=C)N4CCN(C(=C)CCCC)CC4)cc3n2)ccc1F. The summed E-state index contributed by atoms with van der Waals surface area (Å²) in [7, 11) is 1.72. The number of benzene rings is 2. The van der Waals surface area contributed by atoms with Crippen LogP contribution in [-0.2, 0) is 0 Å². The van der Waals surface area contributed by atoms with Crippen LogP contribution in [0.2, 0.25) is 5.02 Å². The van der Waals surface area contributed by atoms with Gasteiger partial charge < -0.3 is 15.1 Å². The van der Waals surface area contributed by atoms with Gasteiger partial charge in [0.05, 0.1) is 16.2 Å². The van der Waals surface area contributed by atoms with E-state index in [1.807, 2.05) is 18.2 Å². The minimum absolute atomic E-state index is 0.336. The number of nitrogens with one attached hydrogen (secondary N) is 1. The minimum atomic E-state index is -0.336. The number of piperazine rings is 1. The highest BCUT2D eigenvalue weighted by molar-refractivity contribution is 6.35. The molecular weight excluding hydrogens is 471 g/mol. The number of nitrogens with zero attached hydrogens (tertiary/aromatic N) is 3. The van der Waals surface area contributed by atoms with Gasteiger partial charge in [-0.1, -0.05) is 56.8 Å². The summed E-state index contributed by atoms with van der Waals surface area (Å²) in [6, 6.07) is 12.8. The summed E-state index contributed by atoms with van der Waals surface area (Å²) >= 11 is 6.64. The average Bonchev–Trinajstić information content (AvgIpc) is 2.90. The van der Waals surface area contributed by atoms with Crippen LogP contribution in [0.25, 0.3) is 33.6 Å². The number of allylic oxidation sites excluding steroid dienone is 1. The third-order valence-electron chi connectivity index (χ3n) is 6.91. The van der Waals surface area contributed by atoms with Crippen molar-refractivity contribution in [2.75, 3.05) is 33.2 Å². The zero-order valence-electron chi connectivity index (χ0n) is 21.2. The van der Waals surface area contributed by atoms with Gasteiger partial charge in [-0.25, -0.2) is 9.37 Å². The maximum atomic E-state index is 14.3. The zero-order valence-corrected chi connectivity index (χ0v) is 22.0. The number of hydrogen-bond acceptors (Lipinski definition) is 4. The number of aromatic nitrogens is 1. The van der Waals surface area contributed by atoms with E-state index in [1.165, 1.54) is 24.6 Å². The fraction of sp³-hybridized carbons (Fsp3) is 0.300. The third-order valence-corrected chi connectivity index (χ3v) is 7.22. The highest BCUT2D eigenvalue weighted by Gasteiger charge is 2.20. The van der Waals surface area contributed by atoms with Gasteiger partial charge in [-0.3, -0.25) is 0 Å². The molecule has 6 heteroatoms. The lowest BCUT2D eigenvalue weighted by molar-refractivity contribution is 0.209. The maximum Gasteiger partial charge on any atom is 0.132 e. The van der Waals surface area contributed by atoms with Gasteiger partial charge in [0.1, 0.15) is 5.82 Å². The molecule has 0 bridgehead atoms. The molecule has 0 atom stereocenters. The third kappa shape index (κ3) is 5.41. The molecule has 2 aromatic carbocycles. The Morgan fingerprint density at radius 1 is 1.03 bits per heavy atom. The fourth-order valence-corrected chi connectivity index (χ4v) is 4.84. The molecule has 4 nitrogen and oxygen atoms in total. The van der Waals surface area contributed by atoms with E-state index in [0.29, 0.717) is 22.0 Å². The number of pyridine rings is 1. The van der Waals surface area contributed by atoms with E-state index in [4.69, 9.17) is 16.6 Å². The molecule has 1 fully saturated rings. The van der Waals surface area contributed by atoms with Crippen molar-refractivity contribution in [2.24, 2.45) is 0 Å². The van der Waals surface area contributed by atoms with Crippen molar-refractivity contribution in [3.63, 3.8) is 0 Å². The Morgan fingerprint density at radius 2 is 1.75 bits per heavy atom. The van der Waals surface area contributed by atoms with Crippen LogP contribution in [0.4, 0.5) is 4.39 Å². The molecule has 0 unspecified atom stereocenters. The summed E-state index contributed by atoms with van der Waals surface area (Å²) in [4.78, 5) is 9.60. The van der Waals surface area contributed by atoms with Crippen molar-refractivity contribution in [2.45, 2.75) is 26.2 Å². The van der Waals surface area contributed by atoms with Gasteiger partial charge in [-0.2, -0.15) is 0 Å². The molecule has 36 heavy (non-hydrogen) atoms. The van der Waals surface area contributed by atoms with Crippen LogP contribution in [0, 0.1) is 5.82 Å². The quantitative estimate of drug-likeness (QED) is 0.334. The van der Waals surface area contributed by atoms with Crippen molar-refractivity contribution in [3.05, 3.63) is 89.9 Å². The molecule has 1 saturated heterocycles. The first-order chi connectivity index (χ1) is 17.3. The predicted molar refractivity (Wildman–Crippen MR) is 151 cm³/mol. The first-order valence-electron chi connectivity index (χ1n) is 12.5. The van der Waals surface area contributed by atoms with Gasteiger partial charge in [0.15, 0.2) is 0 Å². The van der Waals surface area contributed by atoms with Crippen molar-refractivity contribution in [1.29, 1.82) is 0 Å². The average molecular weight is 505 g/mol. The summed E-state index contributed by atoms with van der Waals surface area (Å²) in [5.41, 5.74) is 6.39. The van der Waals surface area contributed by atoms with Gasteiger partial charge >= 0.3 is 0 Å². The lowest BCUT2D eigenvalue weighted by Gasteiger charge is -2.39. The number of fused-ring (bicyclic) bond motifs is 1. The standard InChI is InChI=1S/C30H34ClFN4/c1-6-7-8-20(2)35-13-15-36(16-14-35)22(4)23-9-11-25-27(31)19-29(34-30(25)18-23)24-10-12-28(32)26(17-24)21(3)33-5/h9-12,17-19,33H,2-4,6-8,13-16H2,1,5H3. The lowest BCUT2D eigenvalue weighted by atomic mass is 10.0. The monoisotopic (exact) mass is 504 g/mol. The Bertz CT molecular complexity index is 1310. The van der Waals surface area contributed by atoms with Crippen molar-refractivity contribution in [1.82, 2.24) is 20.1 Å². The minimum Gasteiger partial charge on any atom is -0.388 e. The molecule has 0 saturated carbocycles. The maximum absolute atomic E-state index is 14.3. The van der Waals surface area contributed by atoms with Gasteiger partial charge in [0.25, 0.3) is 0 Å². The molecule has 188 valence electrons. The molecular formula is C30H34ClFN4. The van der Waals surface area contributed by atoms with Gasteiger partial charge in [-0.15, -0.1) is 0 Å². The Morgan fingerprint density at radius 3 is 2.44 bits per heavy atom. The van der Waals surface area contributed by atoms with Crippen LogP contribution in [0.15, 0.2) is 67.9 Å². The number of unbranched alkanes of at least 4 members (excludes halogenated alkanes) is 1. The molecule has 0 spiro atoms. The van der Waals surface area contributed by atoms with Crippen LogP contribution in [0.3, 0.4) is 0 Å². The summed E-state index contributed by atoms with van der Waals surface area (Å²) in [6.45, 7) is 18.5. The molecule has 0 radical (unpaired) electrons. The first-order valence-corrected chi connectivity index (χ1v) is 12.8. The summed E-state index contributed by atoms with van der Waals surface area (Å²) in [5, 5.41) is 4.38. The first kappa shape index (κ1) is 25.8. The lowest BCUT2D eigenvalue weighted by Crippen LogP contribution is -2.44. The highest BCUT2D eigenvalue weighted by Crippen LogP contribution is 2.32. The topological polar surface area (TPSA) is 31.4 Å². The summed E-state index contributed by atoms with van der Waals surface area (Å²) in [5.74, 6) is -0.336. The van der Waals surface area contributed by atoms with E-state index in [-0.39, 0.29) is 5.82 Å². The van der Waals surface area contributed by atoms with Crippen LogP contribution in [0.1, 0.15) is 37.3 Å². The smallest absolute Gasteiger partial charge is 0.132 e. The van der Waals surface area contributed by atoms with E-state index < -0.39 is 0 Å². The molecule has 1 aliphatic heterocycles. The van der Waals surface area contributed by atoms with E-state index in [1.54, 1.807) is 19.2 Å². The van der Waals surface area contributed by atoms with Crippen molar-refractivity contribution in [3.8, 4) is 11.3 Å². The summed E-state index contributed by atoms with van der Waals surface area (Å²) < 4.78 is 14.3. The number of hydrogen-bond donors (Lipinski definition) is 1. The van der Waals surface area contributed by atoms with E-state index in [0.717, 1.165) is 60.3 Å². The Kier molecular flexibility index (Phi) is 8.00. The highest BCUT2D eigenvalue weighted by atomic mass is 35.5. The van der Waals surface area contributed by atoms with Crippen molar-refractivity contribution >= 4 is 33.9 Å². The van der Waals surface area contributed by atoms with E-state index in [2.05, 4.69) is 47.8 Å². The van der Waals surface area contributed by atoms with Crippen LogP contribution >= 0.6 is 11.6 Å². The van der Waals surface area contributed by atoms with Gasteiger partial charge in [0.2, 0.25) is 0 Å².